The van der Waals surface area contributed by atoms with E-state index in [1.165, 1.54) is 11.8 Å². The Morgan fingerprint density at radius 1 is 1.32 bits per heavy atom. The van der Waals surface area contributed by atoms with Crippen molar-refractivity contribution in [1.82, 2.24) is 30.0 Å². The Morgan fingerprint density at radius 3 is 2.56 bits per heavy atom. The van der Waals surface area contributed by atoms with Crippen LogP contribution in [0, 0.1) is 0 Å². The Morgan fingerprint density at radius 2 is 2.00 bits per heavy atom. The number of carbonyl (C=O) groups is 2. The maximum Gasteiger partial charge on any atom is 0.318 e. The molecule has 0 radical (unpaired) electrons. The molecule has 2 aromatic rings. The third-order valence-electron chi connectivity index (χ3n) is 3.74. The summed E-state index contributed by atoms with van der Waals surface area (Å²) in [5.74, 6) is 0.295. The summed E-state index contributed by atoms with van der Waals surface area (Å²) in [5, 5.41) is 13.3. The molecule has 1 N–H and O–H groups in total. The van der Waals surface area contributed by atoms with E-state index in [9.17, 15) is 9.59 Å². The highest BCUT2D eigenvalue weighted by molar-refractivity contribution is 7.09. The number of aryl methyl sites for hydroxylation is 1. The average Bonchev–Trinajstić information content (AvgIpc) is 3.22. The summed E-state index contributed by atoms with van der Waals surface area (Å²) in [5.41, 5.74) is 0.857. The summed E-state index contributed by atoms with van der Waals surface area (Å²) in [6.45, 7) is 6.63. The third-order valence-corrected chi connectivity index (χ3v) is 4.93. The maximum atomic E-state index is 12.4. The molecule has 9 heteroatoms. The van der Waals surface area contributed by atoms with Crippen molar-refractivity contribution in [2.45, 2.75) is 52.2 Å². The molecule has 136 valence electrons. The molecule has 0 fully saturated rings. The second kappa shape index (κ2) is 8.70. The summed E-state index contributed by atoms with van der Waals surface area (Å²) in [7, 11) is 1.70. The van der Waals surface area contributed by atoms with Crippen LogP contribution >= 0.6 is 11.3 Å². The van der Waals surface area contributed by atoms with Gasteiger partial charge in [0.1, 0.15) is 12.7 Å². The zero-order valence-corrected chi connectivity index (χ0v) is 15.8. The first kappa shape index (κ1) is 19.0. The van der Waals surface area contributed by atoms with Crippen LogP contribution in [0.25, 0.3) is 0 Å². The minimum atomic E-state index is -0.543. The Bertz CT molecular complexity index is 697. The molecule has 0 aromatic carbocycles. The number of nitrogens with one attached hydrogen (secondary N) is 1. The van der Waals surface area contributed by atoms with E-state index in [4.69, 9.17) is 0 Å². The van der Waals surface area contributed by atoms with Gasteiger partial charge in [-0.05, 0) is 13.3 Å². The van der Waals surface area contributed by atoms with Crippen molar-refractivity contribution in [1.29, 1.82) is 0 Å². The minimum Gasteiger partial charge on any atom is -0.328 e. The van der Waals surface area contributed by atoms with Crippen molar-refractivity contribution in [2.75, 3.05) is 7.05 Å². The largest absolute Gasteiger partial charge is 0.328 e. The van der Waals surface area contributed by atoms with Crippen LogP contribution in [0.2, 0.25) is 0 Å². The van der Waals surface area contributed by atoms with Gasteiger partial charge in [-0.15, -0.1) is 21.5 Å². The molecule has 2 aromatic heterocycles. The summed E-state index contributed by atoms with van der Waals surface area (Å²) in [4.78, 5) is 30.2. The number of nitrogens with zero attached hydrogens (tertiary/aromatic N) is 5. The molecule has 0 saturated carbocycles. The average molecular weight is 364 g/mol. The van der Waals surface area contributed by atoms with E-state index in [1.54, 1.807) is 35.6 Å². The SMILES string of the molecule is CC(=O)C(CCn1cnnc1)NC(=O)N(C)Cc1csc(C(C)C)n1. The van der Waals surface area contributed by atoms with E-state index in [1.807, 2.05) is 5.38 Å². The van der Waals surface area contributed by atoms with Crippen LogP contribution in [0.15, 0.2) is 18.0 Å². The second-order valence-corrected chi connectivity index (χ2v) is 7.18. The molecule has 1 unspecified atom stereocenters. The summed E-state index contributed by atoms with van der Waals surface area (Å²) >= 11 is 1.60. The molecule has 2 amide bonds. The van der Waals surface area contributed by atoms with E-state index < -0.39 is 6.04 Å². The number of aromatic nitrogens is 4. The number of Topliss-reactive ketones (excluding diaryl/α,β-unsaturated/α-hetero) is 1. The highest BCUT2D eigenvalue weighted by atomic mass is 32.1. The molecule has 8 nitrogen and oxygen atoms in total. The van der Waals surface area contributed by atoms with E-state index >= 15 is 0 Å². The highest BCUT2D eigenvalue weighted by Crippen LogP contribution is 2.19. The van der Waals surface area contributed by atoms with Gasteiger partial charge in [-0.3, -0.25) is 4.79 Å². The van der Waals surface area contributed by atoms with Gasteiger partial charge in [0.25, 0.3) is 0 Å². The number of ketones is 1. The Balaban J connectivity index is 1.88. The van der Waals surface area contributed by atoms with E-state index in [0.717, 1.165) is 10.7 Å². The number of amides is 2. The molecule has 2 rings (SSSR count). The Labute approximate surface area is 151 Å². The van der Waals surface area contributed by atoms with Crippen LogP contribution in [-0.4, -0.2) is 49.6 Å². The second-order valence-electron chi connectivity index (χ2n) is 6.29. The summed E-state index contributed by atoms with van der Waals surface area (Å²) in [6.07, 6.45) is 3.65. The molecule has 0 aliphatic rings. The van der Waals surface area contributed by atoms with Gasteiger partial charge in [-0.2, -0.15) is 0 Å². The fraction of sp³-hybridized carbons (Fsp3) is 0.562. The van der Waals surface area contributed by atoms with Crippen LogP contribution in [0.3, 0.4) is 0 Å². The molecule has 0 aliphatic carbocycles. The van der Waals surface area contributed by atoms with Crippen molar-refractivity contribution >= 4 is 23.2 Å². The lowest BCUT2D eigenvalue weighted by Crippen LogP contribution is -2.46. The summed E-state index contributed by atoms with van der Waals surface area (Å²) in [6, 6.07) is -0.831. The predicted octanol–water partition coefficient (Wildman–Crippen LogP) is 2.05. The maximum absolute atomic E-state index is 12.4. The first-order valence-corrected chi connectivity index (χ1v) is 9.03. The van der Waals surface area contributed by atoms with Crippen molar-refractivity contribution in [3.05, 3.63) is 28.7 Å². The molecule has 0 spiro atoms. The smallest absolute Gasteiger partial charge is 0.318 e. The Kier molecular flexibility index (Phi) is 6.63. The fourth-order valence-electron chi connectivity index (χ4n) is 2.23. The van der Waals surface area contributed by atoms with Crippen molar-refractivity contribution in [3.63, 3.8) is 0 Å². The minimum absolute atomic E-state index is 0.0782. The molecular weight excluding hydrogens is 340 g/mol. The van der Waals surface area contributed by atoms with E-state index in [-0.39, 0.29) is 11.8 Å². The fourth-order valence-corrected chi connectivity index (χ4v) is 3.05. The quantitative estimate of drug-likeness (QED) is 0.774. The van der Waals surface area contributed by atoms with Gasteiger partial charge in [0.05, 0.1) is 23.3 Å². The number of hydrogen-bond acceptors (Lipinski definition) is 6. The van der Waals surface area contributed by atoms with Crippen molar-refractivity contribution in [2.24, 2.45) is 0 Å². The van der Waals surface area contributed by atoms with Crippen LogP contribution in [0.1, 0.15) is 43.8 Å². The van der Waals surface area contributed by atoms with Gasteiger partial charge >= 0.3 is 6.03 Å². The molecule has 25 heavy (non-hydrogen) atoms. The summed E-state index contributed by atoms with van der Waals surface area (Å²) < 4.78 is 1.77. The first-order valence-electron chi connectivity index (χ1n) is 8.15. The molecule has 0 saturated heterocycles. The number of thiazole rings is 1. The lowest BCUT2D eigenvalue weighted by molar-refractivity contribution is -0.119. The van der Waals surface area contributed by atoms with Crippen LogP contribution in [-0.2, 0) is 17.9 Å². The van der Waals surface area contributed by atoms with Gasteiger partial charge in [0, 0.05) is 24.9 Å². The topological polar surface area (TPSA) is 93.0 Å². The standard InChI is InChI=1S/C16H24N6O2S/c1-11(2)15-19-13(8-25-15)7-21(4)16(24)20-14(12(3)23)5-6-22-9-17-18-10-22/h8-11,14H,5-7H2,1-4H3,(H,20,24). The molecule has 1 atom stereocenters. The van der Waals surface area contributed by atoms with Gasteiger partial charge in [-0.25, -0.2) is 9.78 Å². The molecule has 2 heterocycles. The van der Waals surface area contributed by atoms with E-state index in [0.29, 0.717) is 25.4 Å². The first-order chi connectivity index (χ1) is 11.9. The van der Waals surface area contributed by atoms with Crippen LogP contribution in [0.5, 0.6) is 0 Å². The number of rotatable bonds is 8. The van der Waals surface area contributed by atoms with Gasteiger partial charge < -0.3 is 14.8 Å². The lowest BCUT2D eigenvalue weighted by Gasteiger charge is -2.21. The monoisotopic (exact) mass is 364 g/mol. The predicted molar refractivity (Wildman–Crippen MR) is 95.3 cm³/mol. The molecular formula is C16H24N6O2S. The molecule has 0 aliphatic heterocycles. The van der Waals surface area contributed by atoms with Gasteiger partial charge in [0.15, 0.2) is 5.78 Å². The zero-order valence-electron chi connectivity index (χ0n) is 15.0. The lowest BCUT2D eigenvalue weighted by atomic mass is 10.1. The highest BCUT2D eigenvalue weighted by Gasteiger charge is 2.20. The Hall–Kier alpha value is -2.29. The molecule has 0 bridgehead atoms. The third kappa shape index (κ3) is 5.63. The van der Waals surface area contributed by atoms with Gasteiger partial charge in [0.2, 0.25) is 0 Å². The number of hydrogen-bond donors (Lipinski definition) is 1. The van der Waals surface area contributed by atoms with Crippen molar-refractivity contribution in [3.8, 4) is 0 Å². The zero-order chi connectivity index (χ0) is 18.4. The normalized spacial score (nSPS) is 12.2. The van der Waals surface area contributed by atoms with Gasteiger partial charge in [-0.1, -0.05) is 13.8 Å². The van der Waals surface area contributed by atoms with E-state index in [2.05, 4.69) is 34.3 Å². The number of carbonyl (C=O) groups excluding carboxylic acids is 2. The van der Waals surface area contributed by atoms with Crippen LogP contribution in [0.4, 0.5) is 4.79 Å². The number of urea groups is 1. The van der Waals surface area contributed by atoms with Crippen molar-refractivity contribution < 1.29 is 9.59 Å². The van der Waals surface area contributed by atoms with Crippen LogP contribution < -0.4 is 5.32 Å².